The zero-order chi connectivity index (χ0) is 20.5. The molecular formula is C23H23N5OS. The third-order valence-electron chi connectivity index (χ3n) is 5.63. The number of thiophene rings is 1. The summed E-state index contributed by atoms with van der Waals surface area (Å²) in [6.07, 6.45) is 8.18. The van der Waals surface area contributed by atoms with Crippen molar-refractivity contribution < 1.29 is 4.79 Å². The molecule has 6 nitrogen and oxygen atoms in total. The van der Waals surface area contributed by atoms with Gasteiger partial charge in [0, 0.05) is 54.2 Å². The molecule has 1 aliphatic heterocycles. The molecule has 0 aliphatic carbocycles. The fourth-order valence-electron chi connectivity index (χ4n) is 3.96. The number of carbonyl (C=O) groups is 1. The molecule has 3 aromatic heterocycles. The van der Waals surface area contributed by atoms with Gasteiger partial charge in [0.15, 0.2) is 0 Å². The van der Waals surface area contributed by atoms with Gasteiger partial charge in [0.2, 0.25) is 5.91 Å². The molecule has 0 saturated carbocycles. The summed E-state index contributed by atoms with van der Waals surface area (Å²) in [5.74, 6) is 1.04. The number of aryl methyl sites for hydroxylation is 1. The molecule has 4 heterocycles. The number of carbonyl (C=O) groups excluding carboxylic acids is 1. The molecule has 1 aromatic carbocycles. The van der Waals surface area contributed by atoms with E-state index in [9.17, 15) is 4.79 Å². The number of aromatic amines is 1. The Morgan fingerprint density at radius 1 is 1.17 bits per heavy atom. The van der Waals surface area contributed by atoms with Gasteiger partial charge in [-0.3, -0.25) is 4.79 Å². The molecule has 0 unspecified atom stereocenters. The molecule has 4 aromatic rings. The molecule has 1 saturated heterocycles. The van der Waals surface area contributed by atoms with Gasteiger partial charge in [-0.2, -0.15) is 0 Å². The van der Waals surface area contributed by atoms with Crippen molar-refractivity contribution in [3.8, 4) is 0 Å². The number of fused-ring (bicyclic) bond motifs is 2. The van der Waals surface area contributed by atoms with E-state index in [4.69, 9.17) is 0 Å². The van der Waals surface area contributed by atoms with Crippen LogP contribution in [0.2, 0.25) is 0 Å². The van der Waals surface area contributed by atoms with Crippen molar-refractivity contribution in [1.82, 2.24) is 19.9 Å². The van der Waals surface area contributed by atoms with Crippen LogP contribution >= 0.6 is 11.3 Å². The van der Waals surface area contributed by atoms with Crippen LogP contribution in [0.4, 0.5) is 5.82 Å². The van der Waals surface area contributed by atoms with E-state index < -0.39 is 0 Å². The molecule has 1 amide bonds. The summed E-state index contributed by atoms with van der Waals surface area (Å²) in [4.78, 5) is 31.5. The number of rotatable bonds is 4. The molecule has 0 radical (unpaired) electrons. The minimum absolute atomic E-state index is 0.0524. The maximum absolute atomic E-state index is 12.7. The Balaban J connectivity index is 1.27. The van der Waals surface area contributed by atoms with E-state index in [1.54, 1.807) is 23.7 Å². The van der Waals surface area contributed by atoms with E-state index in [1.807, 2.05) is 35.4 Å². The van der Waals surface area contributed by atoms with Gasteiger partial charge < -0.3 is 14.8 Å². The number of para-hydroxylation sites is 1. The fourth-order valence-corrected chi connectivity index (χ4v) is 4.89. The number of benzene rings is 1. The summed E-state index contributed by atoms with van der Waals surface area (Å²) in [6.45, 7) is 5.08. The van der Waals surface area contributed by atoms with Crippen molar-refractivity contribution in [2.75, 3.05) is 31.1 Å². The number of piperazine rings is 1. The molecule has 7 heteroatoms. The van der Waals surface area contributed by atoms with Gasteiger partial charge in [-0.1, -0.05) is 25.1 Å². The number of anilines is 1. The van der Waals surface area contributed by atoms with Gasteiger partial charge >= 0.3 is 0 Å². The van der Waals surface area contributed by atoms with E-state index in [0.29, 0.717) is 13.1 Å². The fraction of sp³-hybridized carbons (Fsp3) is 0.261. The predicted molar refractivity (Wildman–Crippen MR) is 123 cm³/mol. The number of H-pyrrole nitrogens is 1. The van der Waals surface area contributed by atoms with Crippen LogP contribution in [0.3, 0.4) is 0 Å². The largest absolute Gasteiger partial charge is 0.361 e. The van der Waals surface area contributed by atoms with Gasteiger partial charge in [-0.05, 0) is 30.2 Å². The predicted octanol–water partition coefficient (Wildman–Crippen LogP) is 4.10. The third-order valence-corrected chi connectivity index (χ3v) is 6.81. The minimum atomic E-state index is 0.0524. The summed E-state index contributed by atoms with van der Waals surface area (Å²) >= 11 is 1.73. The summed E-state index contributed by atoms with van der Waals surface area (Å²) in [5.41, 5.74) is 2.11. The van der Waals surface area contributed by atoms with Crippen LogP contribution in [0.5, 0.6) is 0 Å². The van der Waals surface area contributed by atoms with Crippen molar-refractivity contribution in [3.63, 3.8) is 0 Å². The summed E-state index contributed by atoms with van der Waals surface area (Å²) < 4.78 is 0. The molecule has 1 aliphatic rings. The zero-order valence-electron chi connectivity index (χ0n) is 16.8. The molecule has 0 bridgehead atoms. The van der Waals surface area contributed by atoms with Gasteiger partial charge in [0.25, 0.3) is 0 Å². The first-order valence-electron chi connectivity index (χ1n) is 10.2. The van der Waals surface area contributed by atoms with E-state index in [0.717, 1.165) is 52.0 Å². The number of aromatic nitrogens is 3. The second-order valence-electron chi connectivity index (χ2n) is 7.42. The summed E-state index contributed by atoms with van der Waals surface area (Å²) in [7, 11) is 0. The molecule has 152 valence electrons. The number of nitrogens with zero attached hydrogens (tertiary/aromatic N) is 4. The van der Waals surface area contributed by atoms with Crippen molar-refractivity contribution in [2.45, 2.75) is 13.3 Å². The highest BCUT2D eigenvalue weighted by Crippen LogP contribution is 2.31. The first-order chi connectivity index (χ1) is 14.7. The number of nitrogens with one attached hydrogen (secondary N) is 1. The zero-order valence-corrected chi connectivity index (χ0v) is 17.7. The SMILES string of the molecule is CCc1cc2c(N3CCN(C(=O)C=Cc4c[nH]c5ccccc45)CC3)ncnc2s1. The van der Waals surface area contributed by atoms with Crippen molar-refractivity contribution in [3.05, 3.63) is 59.4 Å². The third kappa shape index (κ3) is 3.45. The minimum Gasteiger partial charge on any atom is -0.361 e. The highest BCUT2D eigenvalue weighted by atomic mass is 32.1. The van der Waals surface area contributed by atoms with E-state index in [2.05, 4.69) is 38.9 Å². The molecule has 1 N–H and O–H groups in total. The Morgan fingerprint density at radius 2 is 2.00 bits per heavy atom. The van der Waals surface area contributed by atoms with Crippen molar-refractivity contribution in [1.29, 1.82) is 0 Å². The van der Waals surface area contributed by atoms with Crippen LogP contribution in [0.1, 0.15) is 17.4 Å². The second kappa shape index (κ2) is 7.91. The van der Waals surface area contributed by atoms with Crippen molar-refractivity contribution >= 4 is 50.3 Å². The lowest BCUT2D eigenvalue weighted by molar-refractivity contribution is -0.126. The summed E-state index contributed by atoms with van der Waals surface area (Å²) in [5, 5.41) is 2.25. The van der Waals surface area contributed by atoms with Gasteiger partial charge in [-0.15, -0.1) is 11.3 Å². The Hall–Kier alpha value is -3.19. The molecular weight excluding hydrogens is 394 g/mol. The van der Waals surface area contributed by atoms with Crippen LogP contribution in [0, 0.1) is 0 Å². The van der Waals surface area contributed by atoms with Crippen LogP contribution in [0.15, 0.2) is 48.9 Å². The van der Waals surface area contributed by atoms with Crippen LogP contribution in [-0.2, 0) is 11.2 Å². The van der Waals surface area contributed by atoms with E-state index in [-0.39, 0.29) is 5.91 Å². The second-order valence-corrected chi connectivity index (χ2v) is 8.53. The number of hydrogen-bond donors (Lipinski definition) is 1. The molecule has 30 heavy (non-hydrogen) atoms. The Bertz CT molecular complexity index is 1230. The Morgan fingerprint density at radius 3 is 2.83 bits per heavy atom. The average molecular weight is 418 g/mol. The van der Waals surface area contributed by atoms with Crippen LogP contribution in [-0.4, -0.2) is 51.9 Å². The van der Waals surface area contributed by atoms with Gasteiger partial charge in [-0.25, -0.2) is 9.97 Å². The molecule has 5 rings (SSSR count). The highest BCUT2D eigenvalue weighted by Gasteiger charge is 2.22. The number of hydrogen-bond acceptors (Lipinski definition) is 5. The highest BCUT2D eigenvalue weighted by molar-refractivity contribution is 7.18. The van der Waals surface area contributed by atoms with E-state index in [1.165, 1.54) is 4.88 Å². The van der Waals surface area contributed by atoms with E-state index >= 15 is 0 Å². The normalized spacial score (nSPS) is 15.0. The topological polar surface area (TPSA) is 65.1 Å². The van der Waals surface area contributed by atoms with Gasteiger partial charge in [0.05, 0.1) is 5.39 Å². The Kier molecular flexibility index (Phi) is 4.96. The maximum atomic E-state index is 12.7. The van der Waals surface area contributed by atoms with Crippen molar-refractivity contribution in [2.24, 2.45) is 0 Å². The Labute approximate surface area is 178 Å². The van der Waals surface area contributed by atoms with Gasteiger partial charge in [0.1, 0.15) is 17.0 Å². The molecule has 0 atom stereocenters. The van der Waals surface area contributed by atoms with Crippen LogP contribution in [0.25, 0.3) is 27.2 Å². The lowest BCUT2D eigenvalue weighted by Gasteiger charge is -2.35. The van der Waals surface area contributed by atoms with Crippen LogP contribution < -0.4 is 4.90 Å². The first-order valence-corrected chi connectivity index (χ1v) is 11.1. The summed E-state index contributed by atoms with van der Waals surface area (Å²) in [6, 6.07) is 10.3. The maximum Gasteiger partial charge on any atom is 0.246 e. The quantitative estimate of drug-likeness (QED) is 0.508. The molecule has 1 fully saturated rings. The smallest absolute Gasteiger partial charge is 0.246 e. The first kappa shape index (κ1) is 18.8. The average Bonchev–Trinajstić information content (AvgIpc) is 3.41. The number of amides is 1. The monoisotopic (exact) mass is 417 g/mol. The molecule has 0 spiro atoms. The standard InChI is InChI=1S/C23H23N5OS/c1-2-17-13-19-22(25-15-26-23(19)30-17)28-11-9-27(10-12-28)21(29)8-7-16-14-24-20-6-4-3-5-18(16)20/h3-8,13-15,24H,2,9-12H2,1H3. The lowest BCUT2D eigenvalue weighted by Crippen LogP contribution is -2.48. The lowest BCUT2D eigenvalue weighted by atomic mass is 10.1.